The van der Waals surface area contributed by atoms with Gasteiger partial charge < -0.3 is 20.4 Å². The minimum absolute atomic E-state index is 0.182. The van der Waals surface area contributed by atoms with Crippen molar-refractivity contribution in [2.75, 3.05) is 63.1 Å². The van der Waals surface area contributed by atoms with Gasteiger partial charge in [-0.05, 0) is 49.9 Å². The van der Waals surface area contributed by atoms with Crippen molar-refractivity contribution in [3.63, 3.8) is 0 Å². The zero-order valence-electron chi connectivity index (χ0n) is 17.7. The molecule has 0 unspecified atom stereocenters. The Kier molecular flexibility index (Phi) is 7.20. The molecule has 2 N–H and O–H groups in total. The number of rotatable bonds is 6. The van der Waals surface area contributed by atoms with Gasteiger partial charge in [-0.3, -0.25) is 4.90 Å². The maximum absolute atomic E-state index is 12.5. The number of aromatic nitrogens is 1. The van der Waals surface area contributed by atoms with E-state index in [0.717, 1.165) is 50.8 Å². The third-order valence-corrected chi connectivity index (χ3v) is 6.97. The quantitative estimate of drug-likeness (QED) is 0.740. The predicted octanol–water partition coefficient (Wildman–Crippen LogP) is 3.24. The maximum atomic E-state index is 12.5. The first-order valence-corrected chi connectivity index (χ1v) is 11.8. The molecule has 4 heterocycles. The van der Waals surface area contributed by atoms with Crippen LogP contribution in [0.1, 0.15) is 30.2 Å². The molecule has 0 radical (unpaired) electrons. The van der Waals surface area contributed by atoms with Crippen molar-refractivity contribution in [2.45, 2.75) is 25.3 Å². The number of hydrogen-bond acceptors (Lipinski definition) is 6. The van der Waals surface area contributed by atoms with Gasteiger partial charge in [-0.15, -0.1) is 11.3 Å². The summed E-state index contributed by atoms with van der Waals surface area (Å²) in [6, 6.07) is 8.21. The van der Waals surface area contributed by atoms with Gasteiger partial charge in [-0.25, -0.2) is 9.78 Å². The highest BCUT2D eigenvalue weighted by atomic mass is 32.1. The standard InChI is InChI=1S/C22H32N6OS/c1-26-11-13-27(14-12-26)19(20-6-5-15-30-20)17-24-22(29)25-18-7-8-21(23-16-18)28-9-3-2-4-10-28/h5-8,15-16,19H,2-4,9-14,17H2,1H3,(H2,24,25,29)/t19-/m0/s1. The number of nitrogens with zero attached hydrogens (tertiary/aromatic N) is 4. The summed E-state index contributed by atoms with van der Waals surface area (Å²) < 4.78 is 0. The van der Waals surface area contributed by atoms with E-state index in [9.17, 15) is 4.79 Å². The summed E-state index contributed by atoms with van der Waals surface area (Å²) in [7, 11) is 2.16. The molecule has 8 heteroatoms. The highest BCUT2D eigenvalue weighted by Crippen LogP contribution is 2.25. The number of piperidine rings is 1. The molecular formula is C22H32N6OS. The fourth-order valence-corrected chi connectivity index (χ4v) is 5.02. The van der Waals surface area contributed by atoms with Crippen molar-refractivity contribution in [1.82, 2.24) is 20.1 Å². The second-order valence-electron chi connectivity index (χ2n) is 8.16. The Morgan fingerprint density at radius 2 is 1.90 bits per heavy atom. The lowest BCUT2D eigenvalue weighted by atomic mass is 10.1. The van der Waals surface area contributed by atoms with Crippen LogP contribution in [0.3, 0.4) is 0 Å². The first-order valence-electron chi connectivity index (χ1n) is 10.9. The van der Waals surface area contributed by atoms with Gasteiger partial charge in [0.05, 0.1) is 17.9 Å². The molecule has 30 heavy (non-hydrogen) atoms. The van der Waals surface area contributed by atoms with Crippen LogP contribution in [0.4, 0.5) is 16.3 Å². The molecule has 2 aromatic rings. The Morgan fingerprint density at radius 3 is 2.57 bits per heavy atom. The smallest absolute Gasteiger partial charge is 0.319 e. The van der Waals surface area contributed by atoms with E-state index in [1.165, 1.54) is 24.1 Å². The highest BCUT2D eigenvalue weighted by molar-refractivity contribution is 7.10. The fourth-order valence-electron chi connectivity index (χ4n) is 4.16. The molecule has 2 fully saturated rings. The topological polar surface area (TPSA) is 63.7 Å². The van der Waals surface area contributed by atoms with Crippen LogP contribution in [0.5, 0.6) is 0 Å². The first-order chi connectivity index (χ1) is 14.7. The average molecular weight is 429 g/mol. The van der Waals surface area contributed by atoms with Crippen LogP contribution in [-0.4, -0.2) is 73.7 Å². The van der Waals surface area contributed by atoms with E-state index >= 15 is 0 Å². The first kappa shape index (κ1) is 21.1. The molecule has 0 spiro atoms. The lowest BCUT2D eigenvalue weighted by Gasteiger charge is -2.37. The molecule has 0 saturated carbocycles. The number of amides is 2. The normalized spacial score (nSPS) is 19.4. The molecule has 0 aliphatic carbocycles. The van der Waals surface area contributed by atoms with Crippen LogP contribution in [0.25, 0.3) is 0 Å². The van der Waals surface area contributed by atoms with Crippen molar-refractivity contribution in [1.29, 1.82) is 0 Å². The number of pyridine rings is 1. The zero-order chi connectivity index (χ0) is 20.8. The van der Waals surface area contributed by atoms with Crippen LogP contribution >= 0.6 is 11.3 Å². The monoisotopic (exact) mass is 428 g/mol. The summed E-state index contributed by atoms with van der Waals surface area (Å²) in [6.07, 6.45) is 5.50. The van der Waals surface area contributed by atoms with Gasteiger partial charge in [0, 0.05) is 50.7 Å². The molecule has 162 valence electrons. The Bertz CT molecular complexity index is 782. The SMILES string of the molecule is CN1CCN([C@@H](CNC(=O)Nc2ccc(N3CCCCC3)nc2)c2cccs2)CC1. The number of hydrogen-bond donors (Lipinski definition) is 2. The second-order valence-corrected chi connectivity index (χ2v) is 9.14. The third-order valence-electron chi connectivity index (χ3n) is 5.99. The molecule has 2 amide bonds. The van der Waals surface area contributed by atoms with Crippen LogP contribution in [0, 0.1) is 0 Å². The Balaban J connectivity index is 1.31. The number of piperazine rings is 1. The largest absolute Gasteiger partial charge is 0.357 e. The van der Waals surface area contributed by atoms with E-state index in [0.29, 0.717) is 6.54 Å². The summed E-state index contributed by atoms with van der Waals surface area (Å²) >= 11 is 1.75. The molecule has 2 saturated heterocycles. The van der Waals surface area contributed by atoms with Gasteiger partial charge in [0.25, 0.3) is 0 Å². The predicted molar refractivity (Wildman–Crippen MR) is 123 cm³/mol. The Hall–Kier alpha value is -2.16. The Labute approximate surface area is 183 Å². The van der Waals surface area contributed by atoms with E-state index < -0.39 is 0 Å². The summed E-state index contributed by atoms with van der Waals surface area (Å²) in [5, 5.41) is 8.10. The summed E-state index contributed by atoms with van der Waals surface area (Å²) in [4.78, 5) is 25.5. The van der Waals surface area contributed by atoms with Gasteiger partial charge >= 0.3 is 6.03 Å². The number of likely N-dealkylation sites (N-methyl/N-ethyl adjacent to an activating group) is 1. The molecule has 1 atom stereocenters. The van der Waals surface area contributed by atoms with E-state index in [4.69, 9.17) is 0 Å². The van der Waals surface area contributed by atoms with Crippen molar-refractivity contribution in [2.24, 2.45) is 0 Å². The minimum Gasteiger partial charge on any atom is -0.357 e. The van der Waals surface area contributed by atoms with Crippen molar-refractivity contribution < 1.29 is 4.79 Å². The number of carbonyl (C=O) groups excluding carboxylic acids is 1. The molecule has 2 aliphatic rings. The second kappa shape index (κ2) is 10.2. The zero-order valence-corrected chi connectivity index (χ0v) is 18.5. The van der Waals surface area contributed by atoms with Crippen LogP contribution in [0.15, 0.2) is 35.8 Å². The van der Waals surface area contributed by atoms with Crippen molar-refractivity contribution in [3.05, 3.63) is 40.7 Å². The third kappa shape index (κ3) is 5.50. The molecular weight excluding hydrogens is 396 g/mol. The van der Waals surface area contributed by atoms with Gasteiger partial charge in [-0.2, -0.15) is 0 Å². The summed E-state index contributed by atoms with van der Waals surface area (Å²) in [5.74, 6) is 0.994. The van der Waals surface area contributed by atoms with E-state index in [2.05, 4.69) is 54.9 Å². The van der Waals surface area contributed by atoms with Gasteiger partial charge in [0.15, 0.2) is 0 Å². The van der Waals surface area contributed by atoms with Crippen LogP contribution in [0.2, 0.25) is 0 Å². The van der Waals surface area contributed by atoms with E-state index in [1.54, 1.807) is 17.5 Å². The molecule has 7 nitrogen and oxygen atoms in total. The number of anilines is 2. The summed E-state index contributed by atoms with van der Waals surface area (Å²) in [5.41, 5.74) is 0.723. The Morgan fingerprint density at radius 1 is 1.10 bits per heavy atom. The highest BCUT2D eigenvalue weighted by Gasteiger charge is 2.25. The fraction of sp³-hybridized carbons (Fsp3) is 0.545. The lowest BCUT2D eigenvalue weighted by Crippen LogP contribution is -2.48. The number of carbonyl (C=O) groups is 1. The lowest BCUT2D eigenvalue weighted by molar-refractivity contribution is 0.113. The molecule has 2 aromatic heterocycles. The van der Waals surface area contributed by atoms with Gasteiger partial charge in [-0.1, -0.05) is 6.07 Å². The number of thiophene rings is 1. The van der Waals surface area contributed by atoms with Crippen LogP contribution < -0.4 is 15.5 Å². The van der Waals surface area contributed by atoms with Crippen molar-refractivity contribution in [3.8, 4) is 0 Å². The molecule has 0 bridgehead atoms. The number of urea groups is 1. The van der Waals surface area contributed by atoms with Crippen LogP contribution in [-0.2, 0) is 0 Å². The summed E-state index contributed by atoms with van der Waals surface area (Å²) in [6.45, 7) is 6.88. The van der Waals surface area contributed by atoms with Gasteiger partial charge in [0.1, 0.15) is 5.82 Å². The average Bonchev–Trinajstić information content (AvgIpc) is 3.31. The number of nitrogens with one attached hydrogen (secondary N) is 2. The van der Waals surface area contributed by atoms with Crippen molar-refractivity contribution >= 4 is 28.9 Å². The van der Waals surface area contributed by atoms with E-state index in [-0.39, 0.29) is 12.1 Å². The molecule has 2 aliphatic heterocycles. The minimum atomic E-state index is -0.182. The van der Waals surface area contributed by atoms with E-state index in [1.807, 2.05) is 12.1 Å². The molecule has 4 rings (SSSR count). The maximum Gasteiger partial charge on any atom is 0.319 e. The molecule has 0 aromatic carbocycles. The van der Waals surface area contributed by atoms with Gasteiger partial charge in [0.2, 0.25) is 0 Å².